The molecule has 0 radical (unpaired) electrons. The van der Waals surface area contributed by atoms with Gasteiger partial charge >= 0.3 is 5.97 Å². The first-order valence-corrected chi connectivity index (χ1v) is 15.6. The van der Waals surface area contributed by atoms with Crippen molar-refractivity contribution < 1.29 is 14.3 Å². The van der Waals surface area contributed by atoms with Gasteiger partial charge < -0.3 is 9.64 Å². The first kappa shape index (κ1) is 28.7. The van der Waals surface area contributed by atoms with Gasteiger partial charge in [0.2, 0.25) is 0 Å². The number of thioether (sulfide) groups is 2. The van der Waals surface area contributed by atoms with Crippen LogP contribution in [0.1, 0.15) is 46.5 Å². The number of unbranched alkanes of at least 4 members (excludes halogenated alkanes) is 2. The van der Waals surface area contributed by atoms with Crippen LogP contribution in [0.25, 0.3) is 11.0 Å². The van der Waals surface area contributed by atoms with Crippen molar-refractivity contribution in [3.63, 3.8) is 0 Å². The summed E-state index contributed by atoms with van der Waals surface area (Å²) in [6.45, 7) is 7.99. The standard InChI is InChI=1S/C27H31N3O4S4/c1-4-28-18-12-9-10-13-19(18)36-21(28)16-15-20-24(32)29(5-2)26(37-20)23-25(33)30(27(35)38-23)17-11-7-8-14-22(31)34-6-3/h9-10,12-13,15-16H,4-8,11,14,17H2,1-3H3/b20-15-,21-16+,26-23?. The minimum Gasteiger partial charge on any atom is -0.466 e. The third-order valence-electron chi connectivity index (χ3n) is 6.17. The quantitative estimate of drug-likeness (QED) is 0.231. The molecule has 0 atom stereocenters. The fourth-order valence-corrected chi connectivity index (χ4v) is 8.01. The summed E-state index contributed by atoms with van der Waals surface area (Å²) in [6.07, 6.45) is 6.49. The summed E-state index contributed by atoms with van der Waals surface area (Å²) in [7, 11) is 0. The topological polar surface area (TPSA) is 71.8 Å². The van der Waals surface area contributed by atoms with Gasteiger partial charge in [0.1, 0.15) is 13.9 Å². The summed E-state index contributed by atoms with van der Waals surface area (Å²) in [5, 5.41) is 1.07. The Labute approximate surface area is 240 Å². The first-order valence-electron chi connectivity index (χ1n) is 12.8. The van der Waals surface area contributed by atoms with Crippen molar-refractivity contribution >= 4 is 79.9 Å². The van der Waals surface area contributed by atoms with Gasteiger partial charge in [-0.05, 0) is 57.9 Å². The zero-order chi connectivity index (χ0) is 27.2. The Hall–Kier alpha value is -2.34. The van der Waals surface area contributed by atoms with E-state index in [4.69, 9.17) is 17.0 Å². The third kappa shape index (κ3) is 6.11. The number of carbonyl (C=O) groups is 2. The average molecular weight is 590 g/mol. The van der Waals surface area contributed by atoms with E-state index in [9.17, 15) is 14.4 Å². The number of para-hydroxylation sites is 1. The summed E-state index contributed by atoms with van der Waals surface area (Å²) in [6, 6.07) is 8.27. The maximum Gasteiger partial charge on any atom is 0.305 e. The van der Waals surface area contributed by atoms with Crippen LogP contribution in [0.3, 0.4) is 0 Å². The monoisotopic (exact) mass is 589 g/mol. The van der Waals surface area contributed by atoms with Crippen LogP contribution in [0.2, 0.25) is 0 Å². The Balaban J connectivity index is 1.55. The van der Waals surface area contributed by atoms with E-state index in [-0.39, 0.29) is 17.4 Å². The second-order valence-corrected chi connectivity index (χ2v) is 12.3. The Bertz CT molecular complexity index is 1440. The molecule has 3 heterocycles. The van der Waals surface area contributed by atoms with Crippen LogP contribution in [0.4, 0.5) is 5.69 Å². The van der Waals surface area contributed by atoms with E-state index in [1.807, 2.05) is 31.2 Å². The molecular weight excluding hydrogens is 559 g/mol. The SMILES string of the molecule is CCOC(=O)CCCCCN1C(=O)C(=c2s/c(=C\C=C3\Sc4ccccc4N3CC)c(=O)n2CC)SC1=S. The second kappa shape index (κ2) is 13.1. The van der Waals surface area contributed by atoms with Crippen LogP contribution in [0.5, 0.6) is 0 Å². The Kier molecular flexibility index (Phi) is 9.91. The third-order valence-corrected chi connectivity index (χ3v) is 10.0. The molecular formula is C27H31N3O4S4. The van der Waals surface area contributed by atoms with Crippen molar-refractivity contribution in [2.75, 3.05) is 24.6 Å². The Morgan fingerprint density at radius 3 is 2.53 bits per heavy atom. The van der Waals surface area contributed by atoms with Gasteiger partial charge in [-0.15, -0.1) is 11.3 Å². The summed E-state index contributed by atoms with van der Waals surface area (Å²) < 4.78 is 8.36. The number of allylic oxidation sites excluding steroid dienone is 1. The number of thiocarbonyl (C=S) groups is 1. The average Bonchev–Trinajstić information content (AvgIpc) is 3.52. The Morgan fingerprint density at radius 2 is 1.79 bits per heavy atom. The van der Waals surface area contributed by atoms with Crippen LogP contribution in [-0.4, -0.2) is 45.4 Å². The maximum atomic E-state index is 13.3. The van der Waals surface area contributed by atoms with E-state index in [0.29, 0.717) is 51.0 Å². The molecule has 1 aromatic carbocycles. The molecule has 7 nitrogen and oxygen atoms in total. The van der Waals surface area contributed by atoms with Gasteiger partial charge in [0, 0.05) is 31.0 Å². The van der Waals surface area contributed by atoms with Crippen molar-refractivity contribution in [3.8, 4) is 0 Å². The highest BCUT2D eigenvalue weighted by atomic mass is 32.2. The van der Waals surface area contributed by atoms with E-state index in [0.717, 1.165) is 24.4 Å². The van der Waals surface area contributed by atoms with Crippen molar-refractivity contribution in [1.82, 2.24) is 9.47 Å². The van der Waals surface area contributed by atoms with Crippen LogP contribution < -0.4 is 19.7 Å². The van der Waals surface area contributed by atoms with E-state index in [1.165, 1.54) is 33.7 Å². The van der Waals surface area contributed by atoms with Gasteiger partial charge in [0.05, 0.1) is 21.9 Å². The molecule has 11 heteroatoms. The van der Waals surface area contributed by atoms with Crippen LogP contribution in [0, 0.1) is 0 Å². The van der Waals surface area contributed by atoms with Gasteiger partial charge in [0.25, 0.3) is 11.5 Å². The van der Waals surface area contributed by atoms with Crippen LogP contribution in [0.15, 0.2) is 45.1 Å². The number of rotatable bonds is 10. The highest BCUT2D eigenvalue weighted by Crippen LogP contribution is 2.45. The van der Waals surface area contributed by atoms with E-state index in [1.54, 1.807) is 28.2 Å². The molecule has 0 unspecified atom stereocenters. The zero-order valence-corrected chi connectivity index (χ0v) is 25.0. The molecule has 1 fully saturated rings. The minimum absolute atomic E-state index is 0.0999. The number of carbonyl (C=O) groups excluding carboxylic acids is 2. The number of hydrogen-bond acceptors (Lipinski definition) is 9. The van der Waals surface area contributed by atoms with Crippen LogP contribution >= 0.6 is 47.1 Å². The fourth-order valence-electron chi connectivity index (χ4n) is 4.31. The van der Waals surface area contributed by atoms with Crippen molar-refractivity contribution in [3.05, 3.63) is 54.9 Å². The number of amides is 1. The lowest BCUT2D eigenvalue weighted by molar-refractivity contribution is -0.143. The van der Waals surface area contributed by atoms with Crippen molar-refractivity contribution in [1.29, 1.82) is 0 Å². The molecule has 2 aliphatic heterocycles. The number of anilines is 1. The summed E-state index contributed by atoms with van der Waals surface area (Å²) in [4.78, 5) is 43.6. The van der Waals surface area contributed by atoms with Gasteiger partial charge in [-0.1, -0.05) is 54.3 Å². The molecule has 4 rings (SSSR count). The van der Waals surface area contributed by atoms with Crippen LogP contribution in [-0.2, 0) is 20.9 Å². The maximum absolute atomic E-state index is 13.3. The lowest BCUT2D eigenvalue weighted by atomic mass is 10.2. The zero-order valence-electron chi connectivity index (χ0n) is 21.7. The minimum atomic E-state index is -0.191. The highest BCUT2D eigenvalue weighted by Gasteiger charge is 2.33. The number of aromatic nitrogens is 1. The van der Waals surface area contributed by atoms with Crippen molar-refractivity contribution in [2.24, 2.45) is 0 Å². The lowest BCUT2D eigenvalue weighted by Gasteiger charge is -2.17. The highest BCUT2D eigenvalue weighted by molar-refractivity contribution is 8.30. The molecule has 0 spiro atoms. The van der Waals surface area contributed by atoms with E-state index in [2.05, 4.69) is 24.0 Å². The number of hydrogen-bond donors (Lipinski definition) is 0. The smallest absolute Gasteiger partial charge is 0.305 e. The molecule has 0 bridgehead atoms. The molecule has 1 aromatic heterocycles. The number of benzene rings is 1. The lowest BCUT2D eigenvalue weighted by Crippen LogP contribution is -2.33. The largest absolute Gasteiger partial charge is 0.466 e. The predicted molar refractivity (Wildman–Crippen MR) is 162 cm³/mol. The molecule has 0 saturated carbocycles. The first-order chi connectivity index (χ1) is 18.4. The molecule has 1 saturated heterocycles. The fraction of sp³-hybridized carbons (Fsp3) is 0.407. The molecule has 1 amide bonds. The predicted octanol–water partition coefficient (Wildman–Crippen LogP) is 4.28. The van der Waals surface area contributed by atoms with Gasteiger partial charge in [-0.2, -0.15) is 0 Å². The Morgan fingerprint density at radius 1 is 1.00 bits per heavy atom. The molecule has 2 aliphatic rings. The van der Waals surface area contributed by atoms with Gasteiger partial charge in [-0.3, -0.25) is 23.9 Å². The van der Waals surface area contributed by atoms with E-state index < -0.39 is 0 Å². The molecule has 202 valence electrons. The van der Waals surface area contributed by atoms with E-state index >= 15 is 0 Å². The summed E-state index contributed by atoms with van der Waals surface area (Å²) >= 11 is 9.81. The number of nitrogens with zero attached hydrogens (tertiary/aromatic N) is 3. The number of ether oxygens (including phenoxy) is 1. The summed E-state index contributed by atoms with van der Waals surface area (Å²) in [5.41, 5.74) is 1.08. The van der Waals surface area contributed by atoms with Gasteiger partial charge in [-0.25, -0.2) is 0 Å². The van der Waals surface area contributed by atoms with Gasteiger partial charge in [0.15, 0.2) is 0 Å². The molecule has 0 N–H and O–H groups in total. The molecule has 0 aliphatic carbocycles. The molecule has 2 aromatic rings. The second-order valence-electron chi connectivity index (χ2n) is 8.58. The summed E-state index contributed by atoms with van der Waals surface area (Å²) in [5.74, 6) is -0.346. The number of esters is 1. The number of thiazole rings is 1. The molecule has 38 heavy (non-hydrogen) atoms. The normalized spacial score (nSPS) is 18.2. The van der Waals surface area contributed by atoms with Crippen molar-refractivity contribution in [2.45, 2.75) is 57.9 Å². The number of fused-ring (bicyclic) bond motifs is 1.